The number of nitrogens with one attached hydrogen (secondary N) is 1. The smallest absolute Gasteiger partial charge is 0.257 e. The molecule has 0 bridgehead atoms. The molecule has 10 heteroatoms. The van der Waals surface area contributed by atoms with E-state index in [-0.39, 0.29) is 31.5 Å². The first-order valence-corrected chi connectivity index (χ1v) is 10.6. The summed E-state index contributed by atoms with van der Waals surface area (Å²) in [5.41, 5.74) is 1.94. The number of rotatable bonds is 5. The van der Waals surface area contributed by atoms with Crippen LogP contribution in [0.1, 0.15) is 21.5 Å². The minimum absolute atomic E-state index is 0.0140. The molecule has 1 aliphatic heterocycles. The third kappa shape index (κ3) is 3.85. The predicted octanol–water partition coefficient (Wildman–Crippen LogP) is 5.70. The third-order valence-electron chi connectivity index (χ3n) is 5.56. The molecule has 0 spiro atoms. The van der Waals surface area contributed by atoms with E-state index in [1.165, 1.54) is 16.7 Å². The lowest BCUT2D eigenvalue weighted by Gasteiger charge is -2.21. The quantitative estimate of drug-likeness (QED) is 0.356. The lowest BCUT2D eigenvalue weighted by molar-refractivity contribution is -0.0173. The Labute approximate surface area is 197 Å². The number of hydrogen-bond donors (Lipinski definition) is 2. The Kier molecular flexibility index (Phi) is 5.64. The van der Waals surface area contributed by atoms with Crippen molar-refractivity contribution in [2.24, 2.45) is 5.18 Å². The minimum Gasteiger partial charge on any atom is -0.493 e. The summed E-state index contributed by atoms with van der Waals surface area (Å²) in [6.07, 6.45) is 0. The highest BCUT2D eigenvalue weighted by molar-refractivity contribution is 6.34. The lowest BCUT2D eigenvalue weighted by atomic mass is 10.1. The van der Waals surface area contributed by atoms with Gasteiger partial charge in [-0.2, -0.15) is 0 Å². The highest BCUT2D eigenvalue weighted by atomic mass is 35.5. The molecule has 3 aromatic carbocycles. The zero-order valence-corrected chi connectivity index (χ0v) is 18.3. The van der Waals surface area contributed by atoms with Crippen molar-refractivity contribution >= 4 is 39.8 Å². The van der Waals surface area contributed by atoms with Crippen LogP contribution >= 0.6 is 11.6 Å². The fraction of sp³-hybridized carbons (Fsp3) is 0.125. The van der Waals surface area contributed by atoms with Crippen LogP contribution in [0.4, 0.5) is 15.8 Å². The molecule has 2 N–H and O–H groups in total. The van der Waals surface area contributed by atoms with Gasteiger partial charge in [0.25, 0.3) is 5.91 Å². The van der Waals surface area contributed by atoms with Gasteiger partial charge in [-0.1, -0.05) is 23.7 Å². The Balaban J connectivity index is 1.57. The zero-order valence-electron chi connectivity index (χ0n) is 17.5. The van der Waals surface area contributed by atoms with Crippen molar-refractivity contribution < 1.29 is 23.8 Å². The number of aromatic nitrogens is 1. The number of benzene rings is 3. The van der Waals surface area contributed by atoms with E-state index in [1.54, 1.807) is 42.5 Å². The maximum atomic E-state index is 14.2. The third-order valence-corrected chi connectivity index (χ3v) is 5.89. The van der Waals surface area contributed by atoms with Gasteiger partial charge in [0.05, 0.1) is 29.3 Å². The standard InChI is InChI=1S/C24H17ClFN3O5/c25-19-4-2-1-3-17(19)23(30)27-16-5-6-18-20(9-16)29(24(31)21(18)28-32)10-13-7-15(26)8-14-11-33-12-34-22(13)14/h1-9,31H,10-12H2,(H,27,30). The summed E-state index contributed by atoms with van der Waals surface area (Å²) < 4.78 is 26.4. The molecule has 5 rings (SSSR count). The Morgan fingerprint density at radius 3 is 2.82 bits per heavy atom. The molecule has 172 valence electrons. The van der Waals surface area contributed by atoms with Crippen LogP contribution in [0, 0.1) is 10.7 Å². The molecule has 1 aromatic heterocycles. The normalized spacial score (nSPS) is 12.8. The molecular weight excluding hydrogens is 465 g/mol. The van der Waals surface area contributed by atoms with Gasteiger partial charge < -0.3 is 24.5 Å². The number of anilines is 1. The highest BCUT2D eigenvalue weighted by Crippen LogP contribution is 2.41. The molecule has 0 aliphatic carbocycles. The van der Waals surface area contributed by atoms with E-state index in [4.69, 9.17) is 21.1 Å². The first-order valence-electron chi connectivity index (χ1n) is 10.2. The number of ether oxygens (including phenoxy) is 2. The molecule has 0 saturated heterocycles. The number of nitrogens with zero attached hydrogens (tertiary/aromatic N) is 2. The Morgan fingerprint density at radius 1 is 1.21 bits per heavy atom. The molecule has 34 heavy (non-hydrogen) atoms. The van der Waals surface area contributed by atoms with Crippen molar-refractivity contribution in [3.05, 3.63) is 87.0 Å². The van der Waals surface area contributed by atoms with E-state index in [2.05, 4.69) is 10.5 Å². The summed E-state index contributed by atoms with van der Waals surface area (Å²) >= 11 is 6.11. The number of halogens is 2. The van der Waals surface area contributed by atoms with Crippen molar-refractivity contribution in [3.8, 4) is 11.6 Å². The molecule has 4 aromatic rings. The summed E-state index contributed by atoms with van der Waals surface area (Å²) in [5, 5.41) is 17.1. The molecule has 1 aliphatic rings. The second-order valence-corrected chi connectivity index (χ2v) is 8.09. The van der Waals surface area contributed by atoms with E-state index in [9.17, 15) is 19.2 Å². The Morgan fingerprint density at radius 2 is 2.03 bits per heavy atom. The van der Waals surface area contributed by atoms with Crippen LogP contribution in [0.2, 0.25) is 5.02 Å². The fourth-order valence-electron chi connectivity index (χ4n) is 4.03. The average molecular weight is 482 g/mol. The summed E-state index contributed by atoms with van der Waals surface area (Å²) in [7, 11) is 0. The number of hydrogen-bond acceptors (Lipinski definition) is 6. The van der Waals surface area contributed by atoms with Crippen LogP contribution in [-0.2, 0) is 17.9 Å². The summed E-state index contributed by atoms with van der Waals surface area (Å²) in [5.74, 6) is -0.837. The van der Waals surface area contributed by atoms with Gasteiger partial charge in [-0.05, 0) is 47.6 Å². The molecule has 0 radical (unpaired) electrons. The maximum Gasteiger partial charge on any atom is 0.257 e. The van der Waals surface area contributed by atoms with Gasteiger partial charge >= 0.3 is 0 Å². The zero-order chi connectivity index (χ0) is 23.8. The van der Waals surface area contributed by atoms with E-state index in [0.717, 1.165) is 0 Å². The van der Waals surface area contributed by atoms with Gasteiger partial charge in [-0.25, -0.2) is 4.39 Å². The van der Waals surface area contributed by atoms with Gasteiger partial charge in [0.1, 0.15) is 11.6 Å². The maximum absolute atomic E-state index is 14.2. The van der Waals surface area contributed by atoms with Crippen molar-refractivity contribution in [1.82, 2.24) is 4.57 Å². The Bertz CT molecular complexity index is 1450. The summed E-state index contributed by atoms with van der Waals surface area (Å²) in [6, 6.07) is 14.0. The number of nitroso groups, excluding NO2 is 1. The highest BCUT2D eigenvalue weighted by Gasteiger charge is 2.22. The number of carbonyl (C=O) groups excluding carboxylic acids is 1. The second kappa shape index (κ2) is 8.77. The molecule has 8 nitrogen and oxygen atoms in total. The predicted molar refractivity (Wildman–Crippen MR) is 124 cm³/mol. The van der Waals surface area contributed by atoms with E-state index >= 15 is 0 Å². The lowest BCUT2D eigenvalue weighted by Crippen LogP contribution is -2.15. The molecular formula is C24H17ClFN3O5. The first kappa shape index (κ1) is 21.9. The van der Waals surface area contributed by atoms with Crippen molar-refractivity contribution in [3.63, 3.8) is 0 Å². The van der Waals surface area contributed by atoms with Crippen molar-refractivity contribution in [2.75, 3.05) is 12.1 Å². The topological polar surface area (TPSA) is 102 Å². The van der Waals surface area contributed by atoms with Crippen LogP contribution in [0.25, 0.3) is 10.9 Å². The largest absolute Gasteiger partial charge is 0.493 e. The number of amides is 1. The van der Waals surface area contributed by atoms with Crippen LogP contribution in [-0.4, -0.2) is 22.4 Å². The van der Waals surface area contributed by atoms with Gasteiger partial charge in [0.2, 0.25) is 5.88 Å². The first-order chi connectivity index (χ1) is 16.5. The van der Waals surface area contributed by atoms with E-state index in [0.29, 0.717) is 44.1 Å². The fourth-order valence-corrected chi connectivity index (χ4v) is 4.26. The number of aromatic hydroxyl groups is 1. The summed E-state index contributed by atoms with van der Waals surface area (Å²) in [4.78, 5) is 24.2. The molecule has 0 atom stereocenters. The SMILES string of the molecule is O=Nc1c(O)n(Cc2cc(F)cc3c2OCOC3)c2cc(NC(=O)c3ccccc3Cl)ccc12. The van der Waals surface area contributed by atoms with Gasteiger partial charge in [-0.3, -0.25) is 4.79 Å². The molecule has 0 unspecified atom stereocenters. The van der Waals surface area contributed by atoms with Crippen LogP contribution < -0.4 is 10.1 Å². The van der Waals surface area contributed by atoms with Gasteiger partial charge in [-0.15, -0.1) is 4.91 Å². The van der Waals surface area contributed by atoms with E-state index < -0.39 is 11.7 Å². The second-order valence-electron chi connectivity index (χ2n) is 7.68. The Hall–Kier alpha value is -3.95. The van der Waals surface area contributed by atoms with Crippen molar-refractivity contribution in [2.45, 2.75) is 13.2 Å². The molecule has 1 amide bonds. The molecule has 0 saturated carbocycles. The van der Waals surface area contributed by atoms with E-state index in [1.807, 2.05) is 0 Å². The van der Waals surface area contributed by atoms with Crippen LogP contribution in [0.3, 0.4) is 0 Å². The van der Waals surface area contributed by atoms with Crippen LogP contribution in [0.15, 0.2) is 59.8 Å². The van der Waals surface area contributed by atoms with Gasteiger partial charge in [0.15, 0.2) is 12.5 Å². The van der Waals surface area contributed by atoms with Gasteiger partial charge in [0, 0.05) is 22.2 Å². The van der Waals surface area contributed by atoms with Crippen molar-refractivity contribution in [1.29, 1.82) is 0 Å². The molecule has 2 heterocycles. The van der Waals surface area contributed by atoms with Crippen LogP contribution in [0.5, 0.6) is 11.6 Å². The number of fused-ring (bicyclic) bond motifs is 2. The summed E-state index contributed by atoms with van der Waals surface area (Å²) in [6.45, 7) is 0.196. The monoisotopic (exact) mass is 481 g/mol. The minimum atomic E-state index is -0.486. The molecule has 0 fully saturated rings. The number of carbonyl (C=O) groups is 1. The average Bonchev–Trinajstić information content (AvgIpc) is 3.09.